The summed E-state index contributed by atoms with van der Waals surface area (Å²) < 4.78 is 74.2. The average molecular weight is 408 g/mol. The summed E-state index contributed by atoms with van der Waals surface area (Å²) in [6.45, 7) is 0.627. The third kappa shape index (κ3) is 3.45. The van der Waals surface area contributed by atoms with Crippen molar-refractivity contribution in [2.75, 3.05) is 18.0 Å². The zero-order chi connectivity index (χ0) is 19.1. The van der Waals surface area contributed by atoms with Gasteiger partial charge in [0.25, 0.3) is 9.84 Å². The van der Waals surface area contributed by atoms with Gasteiger partial charge < -0.3 is 4.90 Å². The van der Waals surface area contributed by atoms with Gasteiger partial charge in [0.15, 0.2) is 5.13 Å². The Kier molecular flexibility index (Phi) is 4.78. The Hall–Kier alpha value is -2.01. The molecule has 2 aromatic rings. The third-order valence-corrected chi connectivity index (χ3v) is 6.37. The molecule has 1 aromatic carbocycles. The number of thiazole rings is 1. The molecule has 11 heteroatoms. The Balaban J connectivity index is 1.87. The van der Waals surface area contributed by atoms with Gasteiger partial charge in [-0.1, -0.05) is 23.5 Å². The first-order valence-corrected chi connectivity index (χ1v) is 9.70. The van der Waals surface area contributed by atoms with E-state index in [1.165, 1.54) is 12.3 Å². The van der Waals surface area contributed by atoms with Crippen LogP contribution in [-0.4, -0.2) is 44.0 Å². The number of ketones is 1. The van der Waals surface area contributed by atoms with E-state index in [-0.39, 0.29) is 17.0 Å². The lowest BCUT2D eigenvalue weighted by Crippen LogP contribution is -2.23. The summed E-state index contributed by atoms with van der Waals surface area (Å²) in [6.07, 6.45) is 0.640. The number of anilines is 1. The fourth-order valence-corrected chi connectivity index (χ4v) is 4.21. The molecule has 0 saturated carbocycles. The number of halogens is 4. The van der Waals surface area contributed by atoms with Gasteiger partial charge in [-0.3, -0.25) is 4.79 Å². The third-order valence-electron chi connectivity index (χ3n) is 3.83. The summed E-state index contributed by atoms with van der Waals surface area (Å²) >= 11 is 0.981. The summed E-state index contributed by atoms with van der Waals surface area (Å²) in [6, 6.07) is 3.77. The van der Waals surface area contributed by atoms with Gasteiger partial charge in [0.2, 0.25) is 5.78 Å². The van der Waals surface area contributed by atoms with Crippen LogP contribution in [0.1, 0.15) is 21.7 Å². The Labute approximate surface area is 150 Å². The Morgan fingerprint density at radius 2 is 2.04 bits per heavy atom. The molecule has 0 amide bonds. The molecule has 1 aliphatic heterocycles. The highest BCUT2D eigenvalue weighted by molar-refractivity contribution is 7.92. The maximum absolute atomic E-state index is 13.3. The molecule has 1 aromatic heterocycles. The standard InChI is InChI=1S/C15H12F4N2O3S2/c16-10-4-5-21(8-10)14-20-7-12(25-14)13(22)9-2-1-3-11(6-9)26(23,24)15(17,18)19/h1-3,6-7,10H,4-5,8H2/t10-/m0/s1. The molecule has 1 saturated heterocycles. The Bertz CT molecular complexity index is 940. The molecule has 0 radical (unpaired) electrons. The number of carbonyl (C=O) groups is 1. The molecule has 1 fully saturated rings. The Morgan fingerprint density at radius 1 is 1.31 bits per heavy atom. The van der Waals surface area contributed by atoms with Crippen LogP contribution in [0.25, 0.3) is 0 Å². The van der Waals surface area contributed by atoms with Crippen molar-refractivity contribution < 1.29 is 30.8 Å². The van der Waals surface area contributed by atoms with E-state index >= 15 is 0 Å². The number of sulfone groups is 1. The molecule has 5 nitrogen and oxygen atoms in total. The summed E-state index contributed by atoms with van der Waals surface area (Å²) in [7, 11) is -5.54. The van der Waals surface area contributed by atoms with Crippen LogP contribution in [0.4, 0.5) is 22.7 Å². The van der Waals surface area contributed by atoms with Gasteiger partial charge in [-0.15, -0.1) is 0 Å². The maximum Gasteiger partial charge on any atom is 0.501 e. The molecule has 2 heterocycles. The number of hydrogen-bond acceptors (Lipinski definition) is 6. The fourth-order valence-electron chi connectivity index (χ4n) is 2.49. The van der Waals surface area contributed by atoms with Crippen molar-refractivity contribution in [1.29, 1.82) is 0 Å². The predicted molar refractivity (Wildman–Crippen MR) is 87.0 cm³/mol. The number of rotatable bonds is 4. The highest BCUT2D eigenvalue weighted by Crippen LogP contribution is 2.32. The molecule has 140 valence electrons. The van der Waals surface area contributed by atoms with E-state index in [1.54, 1.807) is 4.90 Å². The lowest BCUT2D eigenvalue weighted by Gasteiger charge is -2.12. The zero-order valence-electron chi connectivity index (χ0n) is 13.0. The summed E-state index contributed by atoms with van der Waals surface area (Å²) in [5.41, 5.74) is -5.65. The van der Waals surface area contributed by atoms with Crippen molar-refractivity contribution >= 4 is 32.1 Å². The van der Waals surface area contributed by atoms with Gasteiger partial charge >= 0.3 is 5.51 Å². The van der Waals surface area contributed by atoms with E-state index < -0.39 is 32.2 Å². The van der Waals surface area contributed by atoms with Crippen LogP contribution < -0.4 is 4.90 Å². The van der Waals surface area contributed by atoms with Crippen LogP contribution in [0.5, 0.6) is 0 Å². The number of hydrogen-bond donors (Lipinski definition) is 0. The van der Waals surface area contributed by atoms with Gasteiger partial charge in [-0.25, -0.2) is 17.8 Å². The number of benzene rings is 1. The van der Waals surface area contributed by atoms with E-state index in [4.69, 9.17) is 0 Å². The summed E-state index contributed by atoms with van der Waals surface area (Å²) in [5, 5.41) is 0.438. The lowest BCUT2D eigenvalue weighted by atomic mass is 10.1. The van der Waals surface area contributed by atoms with Gasteiger partial charge in [0, 0.05) is 12.1 Å². The average Bonchev–Trinajstić information content (AvgIpc) is 3.22. The smallest absolute Gasteiger partial charge is 0.345 e. The fraction of sp³-hybridized carbons (Fsp3) is 0.333. The lowest BCUT2D eigenvalue weighted by molar-refractivity contribution is -0.0436. The van der Waals surface area contributed by atoms with E-state index in [1.807, 2.05) is 0 Å². The zero-order valence-corrected chi connectivity index (χ0v) is 14.7. The highest BCUT2D eigenvalue weighted by atomic mass is 32.2. The number of carbonyl (C=O) groups excluding carboxylic acids is 1. The molecular formula is C15H12F4N2O3S2. The van der Waals surface area contributed by atoms with Crippen LogP contribution in [0.2, 0.25) is 0 Å². The first kappa shape index (κ1) is 18.8. The molecule has 1 atom stereocenters. The van der Waals surface area contributed by atoms with Crippen LogP contribution >= 0.6 is 11.3 Å². The molecule has 0 spiro atoms. The number of nitrogens with zero attached hydrogens (tertiary/aromatic N) is 2. The second-order valence-electron chi connectivity index (χ2n) is 5.65. The monoisotopic (exact) mass is 408 g/mol. The molecular weight excluding hydrogens is 396 g/mol. The van der Waals surface area contributed by atoms with Crippen molar-refractivity contribution in [1.82, 2.24) is 4.98 Å². The summed E-state index contributed by atoms with van der Waals surface area (Å²) in [5.74, 6) is -0.649. The van der Waals surface area contributed by atoms with Gasteiger partial charge in [-0.05, 0) is 18.6 Å². The van der Waals surface area contributed by atoms with Crippen LogP contribution in [-0.2, 0) is 9.84 Å². The molecule has 0 bridgehead atoms. The van der Waals surface area contributed by atoms with Gasteiger partial charge in [-0.2, -0.15) is 13.2 Å². The minimum atomic E-state index is -5.54. The first-order chi connectivity index (χ1) is 12.1. The SMILES string of the molecule is O=C(c1cccc(S(=O)(=O)C(F)(F)F)c1)c1cnc(N2CC[C@H](F)C2)s1. The largest absolute Gasteiger partial charge is 0.501 e. The van der Waals surface area contributed by atoms with Gasteiger partial charge in [0.05, 0.1) is 22.5 Å². The second kappa shape index (κ2) is 6.62. The number of alkyl halides is 4. The topological polar surface area (TPSA) is 67.3 Å². The van der Waals surface area contributed by atoms with Crippen molar-refractivity contribution in [2.45, 2.75) is 23.0 Å². The van der Waals surface area contributed by atoms with Crippen molar-refractivity contribution in [3.8, 4) is 0 Å². The second-order valence-corrected chi connectivity index (χ2v) is 8.60. The molecule has 0 unspecified atom stereocenters. The minimum absolute atomic E-state index is 0.129. The van der Waals surface area contributed by atoms with E-state index in [2.05, 4.69) is 4.98 Å². The normalized spacial score (nSPS) is 18.3. The number of aromatic nitrogens is 1. The summed E-state index contributed by atoms with van der Waals surface area (Å²) in [4.78, 5) is 17.3. The molecule has 26 heavy (non-hydrogen) atoms. The van der Waals surface area contributed by atoms with Crippen LogP contribution in [0.3, 0.4) is 0 Å². The maximum atomic E-state index is 13.3. The van der Waals surface area contributed by atoms with E-state index in [0.29, 0.717) is 24.2 Å². The van der Waals surface area contributed by atoms with E-state index in [9.17, 15) is 30.8 Å². The molecule has 1 aliphatic rings. The van der Waals surface area contributed by atoms with Crippen molar-refractivity contribution in [3.05, 3.63) is 40.9 Å². The highest BCUT2D eigenvalue weighted by Gasteiger charge is 2.47. The molecule has 0 aliphatic carbocycles. The molecule has 3 rings (SSSR count). The minimum Gasteiger partial charge on any atom is -0.345 e. The van der Waals surface area contributed by atoms with Crippen molar-refractivity contribution in [3.63, 3.8) is 0 Å². The van der Waals surface area contributed by atoms with Gasteiger partial charge in [0.1, 0.15) is 6.17 Å². The van der Waals surface area contributed by atoms with Crippen molar-refractivity contribution in [2.24, 2.45) is 0 Å². The Morgan fingerprint density at radius 3 is 2.65 bits per heavy atom. The van der Waals surface area contributed by atoms with Crippen LogP contribution in [0.15, 0.2) is 35.4 Å². The first-order valence-electron chi connectivity index (χ1n) is 7.40. The quantitative estimate of drug-likeness (QED) is 0.574. The van der Waals surface area contributed by atoms with E-state index in [0.717, 1.165) is 23.5 Å². The molecule has 0 N–H and O–H groups in total. The van der Waals surface area contributed by atoms with Crippen LogP contribution in [0, 0.1) is 0 Å². The predicted octanol–water partition coefficient (Wildman–Crippen LogP) is 3.22.